The van der Waals surface area contributed by atoms with Gasteiger partial charge in [-0.2, -0.15) is 0 Å². The van der Waals surface area contributed by atoms with Crippen LogP contribution in [0.25, 0.3) is 5.57 Å². The molecule has 0 radical (unpaired) electrons. The number of aliphatic imine (C=N–C) groups is 1. The summed E-state index contributed by atoms with van der Waals surface area (Å²) in [6.45, 7) is 6.10. The normalized spacial score (nSPS) is 20.0. The third kappa shape index (κ3) is 6.79. The average molecular weight is 583 g/mol. The van der Waals surface area contributed by atoms with Gasteiger partial charge >= 0.3 is 12.1 Å². The minimum atomic E-state index is -1.15. The predicted octanol–water partition coefficient (Wildman–Crippen LogP) is 6.47. The fourth-order valence-electron chi connectivity index (χ4n) is 6.28. The number of ketones is 1. The molecular weight excluding hydrogens is 544 g/mol. The highest BCUT2D eigenvalue weighted by molar-refractivity contribution is 6.22. The quantitative estimate of drug-likeness (QED) is 0.291. The van der Waals surface area contributed by atoms with Crippen molar-refractivity contribution in [1.29, 1.82) is 0 Å². The fraction of sp³-hybridized carbons (Fsp3) is 0.371. The Labute approximate surface area is 251 Å². The van der Waals surface area contributed by atoms with Crippen LogP contribution in [0.4, 0.5) is 4.79 Å². The standard InChI is InChI=1S/C35H38N2O6/c1-21(32-30(38)17-35(2,3)18-31(32)39)36-19-23-14-12-22(13-15-23)16-29(33(40)41)37-34(42)43-20-28-26-10-6-4-8-24(26)25-9-5-7-11-27(25)28/h4-6,8-10,12-15,28-29,38H,7,11,16-20H2,1-3H3,(H,37,42)(H,40,41)/t28?,29-/m0/s1. The van der Waals surface area contributed by atoms with E-state index in [0.29, 0.717) is 30.7 Å². The lowest BCUT2D eigenvalue weighted by Crippen LogP contribution is -2.42. The topological polar surface area (TPSA) is 125 Å². The van der Waals surface area contributed by atoms with Crippen LogP contribution in [0.15, 0.2) is 82.6 Å². The first-order chi connectivity index (χ1) is 20.5. The van der Waals surface area contributed by atoms with Gasteiger partial charge < -0.3 is 20.3 Å². The Bertz CT molecular complexity index is 1560. The number of allylic oxidation sites excluding steroid dienone is 5. The van der Waals surface area contributed by atoms with E-state index in [-0.39, 0.29) is 35.9 Å². The van der Waals surface area contributed by atoms with E-state index >= 15 is 0 Å². The number of fused-ring (bicyclic) bond motifs is 2. The van der Waals surface area contributed by atoms with Crippen LogP contribution < -0.4 is 5.32 Å². The van der Waals surface area contributed by atoms with E-state index in [1.54, 1.807) is 19.1 Å². The van der Waals surface area contributed by atoms with Crippen LogP contribution in [-0.2, 0) is 27.3 Å². The van der Waals surface area contributed by atoms with Crippen molar-refractivity contribution in [3.8, 4) is 0 Å². The number of carboxylic acids is 1. The average Bonchev–Trinajstić information content (AvgIpc) is 3.28. The smallest absolute Gasteiger partial charge is 0.407 e. The third-order valence-electron chi connectivity index (χ3n) is 8.41. The Kier molecular flexibility index (Phi) is 8.67. The summed E-state index contributed by atoms with van der Waals surface area (Å²) in [7, 11) is 0. The monoisotopic (exact) mass is 582 g/mol. The molecule has 0 aliphatic heterocycles. The maximum Gasteiger partial charge on any atom is 0.407 e. The van der Waals surface area contributed by atoms with E-state index in [2.05, 4.69) is 34.6 Å². The number of carboxylic acid groups (broad SMARTS) is 1. The Hall–Kier alpha value is -4.46. The molecule has 2 atom stereocenters. The number of ether oxygens (including phenoxy) is 1. The summed E-state index contributed by atoms with van der Waals surface area (Å²) in [6.07, 6.45) is 6.28. The highest BCUT2D eigenvalue weighted by Gasteiger charge is 2.34. The predicted molar refractivity (Wildman–Crippen MR) is 165 cm³/mol. The number of rotatable bonds is 9. The number of hydrogen-bond acceptors (Lipinski definition) is 6. The van der Waals surface area contributed by atoms with Crippen LogP contribution in [0.5, 0.6) is 0 Å². The summed E-state index contributed by atoms with van der Waals surface area (Å²) < 4.78 is 5.57. The van der Waals surface area contributed by atoms with Gasteiger partial charge in [-0.15, -0.1) is 0 Å². The summed E-state index contributed by atoms with van der Waals surface area (Å²) in [5.74, 6) is -1.20. The molecule has 3 N–H and O–H groups in total. The largest absolute Gasteiger partial charge is 0.511 e. The first-order valence-corrected chi connectivity index (χ1v) is 14.7. The fourth-order valence-corrected chi connectivity index (χ4v) is 6.28. The molecule has 0 saturated heterocycles. The van der Waals surface area contributed by atoms with Crippen molar-refractivity contribution in [3.05, 3.63) is 99.8 Å². The molecule has 1 amide bonds. The van der Waals surface area contributed by atoms with Crippen molar-refractivity contribution in [1.82, 2.24) is 5.32 Å². The van der Waals surface area contributed by atoms with Crippen LogP contribution in [0.3, 0.4) is 0 Å². The molecule has 3 aliphatic rings. The molecule has 2 aromatic rings. The van der Waals surface area contributed by atoms with E-state index in [1.807, 2.05) is 38.1 Å². The Morgan fingerprint density at radius 2 is 1.81 bits per heavy atom. The zero-order valence-corrected chi connectivity index (χ0v) is 24.9. The van der Waals surface area contributed by atoms with Gasteiger partial charge in [0, 0.05) is 30.9 Å². The van der Waals surface area contributed by atoms with Gasteiger partial charge in [0.1, 0.15) is 18.4 Å². The van der Waals surface area contributed by atoms with Crippen LogP contribution in [0, 0.1) is 5.41 Å². The number of aliphatic carboxylic acids is 1. The van der Waals surface area contributed by atoms with Gasteiger partial charge in [-0.3, -0.25) is 9.79 Å². The lowest BCUT2D eigenvalue weighted by atomic mass is 9.76. The molecule has 0 fully saturated rings. The highest BCUT2D eigenvalue weighted by Crippen LogP contribution is 2.46. The van der Waals surface area contributed by atoms with Gasteiger partial charge in [0.05, 0.1) is 12.1 Å². The molecule has 3 aliphatic carbocycles. The molecule has 5 rings (SSSR count). The zero-order chi connectivity index (χ0) is 30.7. The number of amides is 1. The molecule has 1 unspecified atom stereocenters. The summed E-state index contributed by atoms with van der Waals surface area (Å²) in [6, 6.07) is 14.2. The van der Waals surface area contributed by atoms with Crippen molar-refractivity contribution in [2.75, 3.05) is 6.61 Å². The number of nitrogens with one attached hydrogen (secondary N) is 1. The Morgan fingerprint density at radius 3 is 2.53 bits per heavy atom. The van der Waals surface area contributed by atoms with E-state index in [9.17, 15) is 24.6 Å². The molecule has 224 valence electrons. The molecule has 0 saturated carbocycles. The first kappa shape index (κ1) is 30.0. The number of nitrogens with zero attached hydrogens (tertiary/aromatic N) is 1. The molecule has 0 heterocycles. The molecule has 0 aromatic heterocycles. The summed E-state index contributed by atoms with van der Waals surface area (Å²) in [5, 5.41) is 22.7. The molecule has 0 bridgehead atoms. The summed E-state index contributed by atoms with van der Waals surface area (Å²) in [5.41, 5.74) is 6.90. The molecule has 8 nitrogen and oxygen atoms in total. The van der Waals surface area contributed by atoms with Crippen molar-refractivity contribution in [2.24, 2.45) is 10.4 Å². The lowest BCUT2D eigenvalue weighted by molar-refractivity contribution is -0.139. The lowest BCUT2D eigenvalue weighted by Gasteiger charge is -2.29. The van der Waals surface area contributed by atoms with Gasteiger partial charge in [-0.25, -0.2) is 9.59 Å². The Morgan fingerprint density at radius 1 is 1.09 bits per heavy atom. The Balaban J connectivity index is 1.17. The first-order valence-electron chi connectivity index (χ1n) is 14.7. The van der Waals surface area contributed by atoms with Crippen LogP contribution in [0.2, 0.25) is 0 Å². The van der Waals surface area contributed by atoms with Crippen LogP contribution in [0.1, 0.15) is 74.6 Å². The second-order valence-electron chi connectivity index (χ2n) is 12.3. The third-order valence-corrected chi connectivity index (χ3v) is 8.41. The van der Waals surface area contributed by atoms with Crippen molar-refractivity contribution in [3.63, 3.8) is 0 Å². The van der Waals surface area contributed by atoms with Crippen LogP contribution >= 0.6 is 0 Å². The van der Waals surface area contributed by atoms with Crippen molar-refractivity contribution < 1.29 is 29.3 Å². The molecule has 0 spiro atoms. The maximum absolute atomic E-state index is 12.7. The van der Waals surface area contributed by atoms with E-state index in [1.165, 1.54) is 11.1 Å². The van der Waals surface area contributed by atoms with Crippen LogP contribution in [-0.4, -0.2) is 46.4 Å². The van der Waals surface area contributed by atoms with Gasteiger partial charge in [-0.05, 0) is 53.0 Å². The number of alkyl carbamates (subject to hydrolysis) is 1. The van der Waals surface area contributed by atoms with Gasteiger partial charge in [0.25, 0.3) is 0 Å². The number of Topliss-reactive ketones (excluding diaryl/α,β-unsaturated/α-hetero) is 1. The number of aliphatic hydroxyl groups excluding tert-OH is 1. The van der Waals surface area contributed by atoms with Crippen molar-refractivity contribution in [2.45, 2.75) is 71.4 Å². The van der Waals surface area contributed by atoms with E-state index < -0.39 is 18.1 Å². The number of benzene rings is 2. The minimum absolute atomic E-state index is 0.0349. The highest BCUT2D eigenvalue weighted by atomic mass is 16.5. The van der Waals surface area contributed by atoms with E-state index in [0.717, 1.165) is 35.1 Å². The zero-order valence-electron chi connectivity index (χ0n) is 24.9. The maximum atomic E-state index is 12.7. The second kappa shape index (κ2) is 12.4. The van der Waals surface area contributed by atoms with Gasteiger partial charge in [0.15, 0.2) is 5.78 Å². The van der Waals surface area contributed by atoms with E-state index in [4.69, 9.17) is 4.74 Å². The minimum Gasteiger partial charge on any atom is -0.511 e. The molecule has 2 aromatic carbocycles. The van der Waals surface area contributed by atoms with Gasteiger partial charge in [-0.1, -0.05) is 80.1 Å². The summed E-state index contributed by atoms with van der Waals surface area (Å²) >= 11 is 0. The summed E-state index contributed by atoms with van der Waals surface area (Å²) in [4.78, 5) is 41.8. The number of aliphatic hydroxyl groups is 1. The van der Waals surface area contributed by atoms with Gasteiger partial charge in [0.2, 0.25) is 0 Å². The number of hydrogen-bond donors (Lipinski definition) is 3. The SMILES string of the molecule is CC(=NCc1ccc(C[C@H](NC(=O)OCC2C3=C(C=CCC3)c3ccccc32)C(=O)O)cc1)C1=C(O)CC(C)(C)CC1=O. The molecule has 8 heteroatoms. The molecular formula is C35H38N2O6. The number of carbonyl (C=O) groups is 3. The number of carbonyl (C=O) groups excluding carboxylic acids is 2. The van der Waals surface area contributed by atoms with Crippen molar-refractivity contribution >= 4 is 29.1 Å². The second-order valence-corrected chi connectivity index (χ2v) is 12.3. The molecule has 43 heavy (non-hydrogen) atoms.